The lowest BCUT2D eigenvalue weighted by atomic mass is 9.97. The van der Waals surface area contributed by atoms with Gasteiger partial charge in [0.25, 0.3) is 0 Å². The van der Waals surface area contributed by atoms with Gasteiger partial charge in [0.05, 0.1) is 26.9 Å². The van der Waals surface area contributed by atoms with Crippen LogP contribution in [-0.4, -0.2) is 32.2 Å². The zero-order chi connectivity index (χ0) is 21.3. The number of fused-ring (bicyclic) bond motifs is 1. The molecule has 1 N–H and O–H groups in total. The number of carbonyl (C=O) groups excluding carboxylic acids is 1. The Morgan fingerprint density at radius 1 is 0.833 bits per heavy atom. The lowest BCUT2D eigenvalue weighted by molar-refractivity contribution is 0.103. The zero-order valence-electron chi connectivity index (χ0n) is 16.8. The minimum Gasteiger partial charge on any atom is -0.502 e. The summed E-state index contributed by atoms with van der Waals surface area (Å²) in [6.45, 7) is 0. The van der Waals surface area contributed by atoms with E-state index in [1.165, 1.54) is 26.4 Å². The van der Waals surface area contributed by atoms with E-state index in [9.17, 15) is 9.90 Å². The summed E-state index contributed by atoms with van der Waals surface area (Å²) in [5.41, 5.74) is 1.94. The summed E-state index contributed by atoms with van der Waals surface area (Å²) < 4.78 is 22.0. The van der Waals surface area contributed by atoms with Crippen molar-refractivity contribution in [1.82, 2.24) is 0 Å². The van der Waals surface area contributed by atoms with E-state index >= 15 is 0 Å². The number of phenols is 1. The highest BCUT2D eigenvalue weighted by atomic mass is 16.5. The molecule has 0 bridgehead atoms. The van der Waals surface area contributed by atoms with Gasteiger partial charge in [-0.2, -0.15) is 0 Å². The van der Waals surface area contributed by atoms with E-state index in [0.717, 1.165) is 5.56 Å². The number of aromatic hydroxyl groups is 1. The van der Waals surface area contributed by atoms with Crippen LogP contribution in [0.15, 0.2) is 65.1 Å². The minimum absolute atomic E-state index is 0.143. The minimum atomic E-state index is -0.294. The van der Waals surface area contributed by atoms with E-state index in [1.807, 2.05) is 36.4 Å². The second-order valence-electron chi connectivity index (χ2n) is 6.57. The summed E-state index contributed by atoms with van der Waals surface area (Å²) >= 11 is 0. The van der Waals surface area contributed by atoms with Crippen molar-refractivity contribution in [2.24, 2.45) is 0 Å². The van der Waals surface area contributed by atoms with Gasteiger partial charge in [0.1, 0.15) is 5.76 Å². The molecule has 0 aliphatic carbocycles. The first-order valence-electron chi connectivity index (χ1n) is 9.23. The molecule has 4 aromatic rings. The van der Waals surface area contributed by atoms with Gasteiger partial charge in [-0.3, -0.25) is 4.79 Å². The molecular formula is C24H20O6. The molecule has 1 heterocycles. The molecule has 30 heavy (non-hydrogen) atoms. The highest BCUT2D eigenvalue weighted by Crippen LogP contribution is 2.42. The van der Waals surface area contributed by atoms with Crippen LogP contribution in [0.1, 0.15) is 15.9 Å². The van der Waals surface area contributed by atoms with Crippen molar-refractivity contribution in [3.05, 3.63) is 71.8 Å². The Bertz CT molecular complexity index is 1200. The molecule has 1 aromatic heterocycles. The molecule has 0 aliphatic heterocycles. The summed E-state index contributed by atoms with van der Waals surface area (Å²) in [5.74, 6) is 0.792. The van der Waals surface area contributed by atoms with E-state index in [1.54, 1.807) is 19.2 Å². The number of ketones is 1. The van der Waals surface area contributed by atoms with Gasteiger partial charge in [-0.15, -0.1) is 0 Å². The molecule has 152 valence electrons. The van der Waals surface area contributed by atoms with Crippen molar-refractivity contribution in [2.45, 2.75) is 0 Å². The number of methoxy groups -OCH3 is 3. The first kappa shape index (κ1) is 19.4. The Morgan fingerprint density at radius 3 is 2.07 bits per heavy atom. The van der Waals surface area contributed by atoms with Crippen molar-refractivity contribution >= 4 is 16.8 Å². The first-order chi connectivity index (χ1) is 14.6. The molecule has 6 heteroatoms. The van der Waals surface area contributed by atoms with Crippen molar-refractivity contribution in [1.29, 1.82) is 0 Å². The molecule has 4 rings (SSSR count). The van der Waals surface area contributed by atoms with Crippen LogP contribution in [0.25, 0.3) is 22.3 Å². The number of rotatable bonds is 6. The Kier molecular flexibility index (Phi) is 5.06. The summed E-state index contributed by atoms with van der Waals surface area (Å²) in [4.78, 5) is 13.7. The topological polar surface area (TPSA) is 78.1 Å². The third-order valence-electron chi connectivity index (χ3n) is 4.90. The molecule has 3 aromatic carbocycles. The predicted octanol–water partition coefficient (Wildman–Crippen LogP) is 5.06. The fourth-order valence-corrected chi connectivity index (χ4v) is 3.44. The van der Waals surface area contributed by atoms with Crippen LogP contribution in [0.3, 0.4) is 0 Å². The summed E-state index contributed by atoms with van der Waals surface area (Å²) in [5, 5.41) is 10.8. The number of carbonyl (C=O) groups is 1. The second-order valence-corrected chi connectivity index (χ2v) is 6.57. The second kappa shape index (κ2) is 7.83. The number of phenolic OH excluding ortho intramolecular Hbond substituents is 1. The highest BCUT2D eigenvalue weighted by molar-refractivity contribution is 6.20. The van der Waals surface area contributed by atoms with E-state index in [4.69, 9.17) is 18.6 Å². The maximum Gasteiger partial charge on any atom is 0.200 e. The molecule has 0 unspecified atom stereocenters. The fraction of sp³-hybridized carbons (Fsp3) is 0.125. The number of para-hydroxylation sites is 1. The lowest BCUT2D eigenvalue weighted by Gasteiger charge is -2.11. The maximum atomic E-state index is 13.7. The standard InChI is InChI=1S/C24H20O6/c1-27-17-11-7-10-16-20(23(30-24(16)17)14-8-5-4-6-9-14)21(25)15-12-18(28-2)22(26)19(13-15)29-3/h4-13,26H,1-3H3. The van der Waals surface area contributed by atoms with E-state index < -0.39 is 0 Å². The molecule has 0 fully saturated rings. The molecule has 0 saturated carbocycles. The van der Waals surface area contributed by atoms with Crippen molar-refractivity contribution in [3.63, 3.8) is 0 Å². The largest absolute Gasteiger partial charge is 0.502 e. The number of hydrogen-bond acceptors (Lipinski definition) is 6. The Balaban J connectivity index is 1.99. The number of hydrogen-bond donors (Lipinski definition) is 1. The van der Waals surface area contributed by atoms with Crippen molar-refractivity contribution in [2.75, 3.05) is 21.3 Å². The highest BCUT2D eigenvalue weighted by Gasteiger charge is 2.26. The molecule has 0 atom stereocenters. The van der Waals surface area contributed by atoms with Gasteiger partial charge in [0.2, 0.25) is 5.75 Å². The molecule has 6 nitrogen and oxygen atoms in total. The molecule has 0 amide bonds. The normalized spacial score (nSPS) is 10.8. The van der Waals surface area contributed by atoms with Crippen LogP contribution in [-0.2, 0) is 0 Å². The summed E-state index contributed by atoms with van der Waals surface area (Å²) in [6, 6.07) is 17.8. The van der Waals surface area contributed by atoms with Crippen molar-refractivity contribution in [3.8, 4) is 34.3 Å². The van der Waals surface area contributed by atoms with Gasteiger partial charge in [0.15, 0.2) is 28.6 Å². The monoisotopic (exact) mass is 404 g/mol. The average Bonchev–Trinajstić information content (AvgIpc) is 3.19. The smallest absolute Gasteiger partial charge is 0.200 e. The molecular weight excluding hydrogens is 384 g/mol. The average molecular weight is 404 g/mol. The van der Waals surface area contributed by atoms with Gasteiger partial charge in [-0.05, 0) is 18.2 Å². The summed E-state index contributed by atoms with van der Waals surface area (Å²) in [7, 11) is 4.38. The molecule has 0 spiro atoms. The van der Waals surface area contributed by atoms with Gasteiger partial charge in [-0.1, -0.05) is 42.5 Å². The van der Waals surface area contributed by atoms with Crippen LogP contribution >= 0.6 is 0 Å². The first-order valence-corrected chi connectivity index (χ1v) is 9.23. The third kappa shape index (κ3) is 3.12. The maximum absolute atomic E-state index is 13.7. The third-order valence-corrected chi connectivity index (χ3v) is 4.90. The van der Waals surface area contributed by atoms with Crippen LogP contribution < -0.4 is 14.2 Å². The SMILES string of the molecule is COc1cc(C(=O)c2c(-c3ccccc3)oc3c(OC)cccc23)cc(OC)c1O. The van der Waals surface area contributed by atoms with Crippen LogP contribution in [0.4, 0.5) is 0 Å². The molecule has 0 saturated heterocycles. The van der Waals surface area contributed by atoms with Gasteiger partial charge in [-0.25, -0.2) is 0 Å². The van der Waals surface area contributed by atoms with E-state index in [0.29, 0.717) is 33.6 Å². The number of ether oxygens (including phenoxy) is 3. The van der Waals surface area contributed by atoms with Crippen LogP contribution in [0, 0.1) is 0 Å². The summed E-state index contributed by atoms with van der Waals surface area (Å²) in [6.07, 6.45) is 0. The lowest BCUT2D eigenvalue weighted by Crippen LogP contribution is -2.04. The van der Waals surface area contributed by atoms with Crippen LogP contribution in [0.2, 0.25) is 0 Å². The van der Waals surface area contributed by atoms with Crippen molar-refractivity contribution < 1.29 is 28.5 Å². The Morgan fingerprint density at radius 2 is 1.47 bits per heavy atom. The quantitative estimate of drug-likeness (QED) is 0.453. The number of benzene rings is 3. The van der Waals surface area contributed by atoms with E-state index in [-0.39, 0.29) is 23.0 Å². The number of furan rings is 1. The Hall–Kier alpha value is -3.93. The van der Waals surface area contributed by atoms with Gasteiger partial charge < -0.3 is 23.7 Å². The Labute approximate surface area is 173 Å². The van der Waals surface area contributed by atoms with Gasteiger partial charge >= 0.3 is 0 Å². The zero-order valence-corrected chi connectivity index (χ0v) is 16.8. The van der Waals surface area contributed by atoms with E-state index in [2.05, 4.69) is 0 Å². The van der Waals surface area contributed by atoms with Crippen LogP contribution in [0.5, 0.6) is 23.0 Å². The van der Waals surface area contributed by atoms with Gasteiger partial charge in [0, 0.05) is 16.5 Å². The molecule has 0 aliphatic rings. The predicted molar refractivity (Wildman–Crippen MR) is 113 cm³/mol. The fourth-order valence-electron chi connectivity index (χ4n) is 3.44. The molecule has 0 radical (unpaired) electrons.